The molecule has 0 saturated heterocycles. The highest BCUT2D eigenvalue weighted by Gasteiger charge is 2.23. The number of carbonyl (C=O) groups is 1. The molecule has 2 aliphatic heterocycles. The van der Waals surface area contributed by atoms with Crippen LogP contribution in [-0.4, -0.2) is 44.2 Å². The number of carbonyl (C=O) groups excluding carboxylic acids is 1. The lowest BCUT2D eigenvalue weighted by Crippen LogP contribution is -2.28. The number of rotatable bonds is 6. The van der Waals surface area contributed by atoms with Crippen molar-refractivity contribution in [3.8, 4) is 5.75 Å². The van der Waals surface area contributed by atoms with Gasteiger partial charge in [-0.2, -0.15) is 0 Å². The lowest BCUT2D eigenvalue weighted by molar-refractivity contribution is -0.104. The van der Waals surface area contributed by atoms with Crippen molar-refractivity contribution < 1.29 is 9.53 Å². The molecule has 1 N–H and O–H groups in total. The smallest absolute Gasteiger partial charge is 0.143 e. The summed E-state index contributed by atoms with van der Waals surface area (Å²) in [6.07, 6.45) is 10.5. The second-order valence-corrected chi connectivity index (χ2v) is 8.64. The monoisotopic (exact) mass is 396 g/mol. The van der Waals surface area contributed by atoms with E-state index in [9.17, 15) is 4.79 Å². The number of ether oxygens (including phenoxy) is 1. The summed E-state index contributed by atoms with van der Waals surface area (Å²) in [6, 6.07) is 6.12. The van der Waals surface area contributed by atoms with E-state index in [1.807, 2.05) is 19.1 Å². The van der Waals surface area contributed by atoms with E-state index in [4.69, 9.17) is 4.74 Å². The summed E-state index contributed by atoms with van der Waals surface area (Å²) >= 11 is 0. The number of nitrogens with one attached hydrogen (secondary N) is 1. The summed E-state index contributed by atoms with van der Waals surface area (Å²) in [5, 5.41) is 4.44. The van der Waals surface area contributed by atoms with E-state index in [2.05, 4.69) is 48.6 Å². The predicted octanol–water partition coefficient (Wildman–Crippen LogP) is 4.24. The molecule has 0 bridgehead atoms. The highest BCUT2D eigenvalue weighted by molar-refractivity contribution is 7.51. The van der Waals surface area contributed by atoms with Crippen LogP contribution in [0.5, 0.6) is 5.75 Å². The van der Waals surface area contributed by atoms with Crippen LogP contribution < -0.4 is 10.1 Å². The molecule has 0 spiro atoms. The first kappa shape index (κ1) is 20.6. The molecule has 3 rings (SSSR count). The van der Waals surface area contributed by atoms with Gasteiger partial charge in [-0.05, 0) is 78.2 Å². The second-order valence-electron chi connectivity index (χ2n) is 7.27. The molecule has 0 amide bonds. The number of aryl methyl sites for hydroxylation is 1. The third kappa shape index (κ3) is 4.63. The molecule has 1 aromatic rings. The molecular weight excluding hydrogens is 367 g/mol. The lowest BCUT2D eigenvalue weighted by atomic mass is 9.97. The average molecular weight is 396 g/mol. The van der Waals surface area contributed by atoms with Gasteiger partial charge in [-0.1, -0.05) is 26.8 Å². The van der Waals surface area contributed by atoms with E-state index in [0.29, 0.717) is 8.58 Å². The summed E-state index contributed by atoms with van der Waals surface area (Å²) in [5.74, 6) is 1.13. The standard InChI is InChI=1S/C23H29N2O2P/c1-16-13-19(5-6-21(16)27-4)22(9-12-26)28-23-17(2)14-20(15-25(23)3)18-7-10-24-11-8-18/h5-7,9,12-15,23-24,28H,8,10-11H2,1-4H3/b22-9-. The van der Waals surface area contributed by atoms with Crippen molar-refractivity contribution in [1.82, 2.24) is 10.2 Å². The van der Waals surface area contributed by atoms with E-state index >= 15 is 0 Å². The summed E-state index contributed by atoms with van der Waals surface area (Å²) in [4.78, 5) is 13.6. The summed E-state index contributed by atoms with van der Waals surface area (Å²) in [6.45, 7) is 6.20. The molecular formula is C23H29N2O2P. The maximum Gasteiger partial charge on any atom is 0.143 e. The maximum absolute atomic E-state index is 11.3. The van der Waals surface area contributed by atoms with E-state index in [-0.39, 0.29) is 5.78 Å². The molecule has 0 fully saturated rings. The molecule has 5 heteroatoms. The topological polar surface area (TPSA) is 41.6 Å². The number of likely N-dealkylation sites (N-methyl/N-ethyl adjacent to an activating group) is 1. The highest BCUT2D eigenvalue weighted by Crippen LogP contribution is 2.44. The van der Waals surface area contributed by atoms with Crippen molar-refractivity contribution in [1.29, 1.82) is 0 Å². The minimum atomic E-state index is 0.264. The minimum absolute atomic E-state index is 0.264. The molecule has 4 nitrogen and oxygen atoms in total. The fourth-order valence-corrected chi connectivity index (χ4v) is 5.11. The molecule has 0 radical (unpaired) electrons. The van der Waals surface area contributed by atoms with Crippen LogP contribution in [0.4, 0.5) is 0 Å². The van der Waals surface area contributed by atoms with Crippen LogP contribution >= 0.6 is 8.58 Å². The van der Waals surface area contributed by atoms with Gasteiger partial charge in [0.2, 0.25) is 0 Å². The summed E-state index contributed by atoms with van der Waals surface area (Å²) in [7, 11) is 4.29. The zero-order chi connectivity index (χ0) is 20.1. The van der Waals surface area contributed by atoms with Gasteiger partial charge < -0.3 is 15.0 Å². The third-order valence-electron chi connectivity index (χ3n) is 5.23. The van der Waals surface area contributed by atoms with Gasteiger partial charge in [0.05, 0.1) is 12.9 Å². The third-order valence-corrected chi connectivity index (χ3v) is 7.13. The van der Waals surface area contributed by atoms with E-state index in [0.717, 1.165) is 48.0 Å². The molecule has 2 aliphatic rings. The molecule has 1 aromatic carbocycles. The average Bonchev–Trinajstić information content (AvgIpc) is 2.70. The Morgan fingerprint density at radius 1 is 1.36 bits per heavy atom. The van der Waals surface area contributed by atoms with Crippen molar-refractivity contribution >= 4 is 20.2 Å². The first-order valence-corrected chi connectivity index (χ1v) is 10.7. The SMILES string of the molecule is COc1ccc(/C(=C/C=O)PC2C(C)=CC(C3=CCNCC3)=CN2C)cc1C. The van der Waals surface area contributed by atoms with E-state index < -0.39 is 0 Å². The van der Waals surface area contributed by atoms with Crippen LogP contribution in [-0.2, 0) is 4.79 Å². The summed E-state index contributed by atoms with van der Waals surface area (Å²) < 4.78 is 5.37. The lowest BCUT2D eigenvalue weighted by Gasteiger charge is -2.34. The number of allylic oxidation sites excluding steroid dienone is 3. The largest absolute Gasteiger partial charge is 0.496 e. The minimum Gasteiger partial charge on any atom is -0.496 e. The highest BCUT2D eigenvalue weighted by atomic mass is 31.1. The number of methoxy groups -OCH3 is 1. The molecule has 0 aliphatic carbocycles. The zero-order valence-electron chi connectivity index (χ0n) is 17.1. The van der Waals surface area contributed by atoms with Gasteiger partial charge in [0.15, 0.2) is 0 Å². The zero-order valence-corrected chi connectivity index (χ0v) is 18.1. The van der Waals surface area contributed by atoms with Gasteiger partial charge in [-0.3, -0.25) is 4.79 Å². The number of hydrogen-bond acceptors (Lipinski definition) is 4. The molecule has 28 heavy (non-hydrogen) atoms. The number of nitrogens with zero attached hydrogens (tertiary/aromatic N) is 1. The fraction of sp³-hybridized carbons (Fsp3) is 0.348. The van der Waals surface area contributed by atoms with Gasteiger partial charge in [-0.15, -0.1) is 0 Å². The molecule has 2 unspecified atom stereocenters. The van der Waals surface area contributed by atoms with Gasteiger partial charge in [0, 0.05) is 19.8 Å². The van der Waals surface area contributed by atoms with Crippen LogP contribution in [0, 0.1) is 6.92 Å². The van der Waals surface area contributed by atoms with E-state index in [1.54, 1.807) is 13.2 Å². The van der Waals surface area contributed by atoms with Gasteiger partial charge >= 0.3 is 0 Å². The van der Waals surface area contributed by atoms with Gasteiger partial charge in [0.25, 0.3) is 0 Å². The number of hydrogen-bond donors (Lipinski definition) is 1. The van der Waals surface area contributed by atoms with Crippen LogP contribution in [0.3, 0.4) is 0 Å². The predicted molar refractivity (Wildman–Crippen MR) is 119 cm³/mol. The Balaban J connectivity index is 1.83. The van der Waals surface area contributed by atoms with Crippen molar-refractivity contribution in [2.24, 2.45) is 0 Å². The first-order chi connectivity index (χ1) is 13.5. The molecule has 0 saturated carbocycles. The van der Waals surface area contributed by atoms with Crippen molar-refractivity contribution in [2.45, 2.75) is 26.1 Å². The molecule has 0 aromatic heterocycles. The molecule has 2 atom stereocenters. The Kier molecular flexibility index (Phi) is 6.88. The number of aldehydes is 1. The quantitative estimate of drug-likeness (QED) is 0.444. The van der Waals surface area contributed by atoms with Crippen molar-refractivity contribution in [3.05, 3.63) is 70.5 Å². The van der Waals surface area contributed by atoms with Crippen LogP contribution in [0.2, 0.25) is 0 Å². The van der Waals surface area contributed by atoms with Crippen molar-refractivity contribution in [3.63, 3.8) is 0 Å². The van der Waals surface area contributed by atoms with E-state index in [1.165, 1.54) is 16.7 Å². The molecule has 148 valence electrons. The summed E-state index contributed by atoms with van der Waals surface area (Å²) in [5.41, 5.74) is 6.22. The fourth-order valence-electron chi connectivity index (χ4n) is 3.74. The van der Waals surface area contributed by atoms with Crippen LogP contribution in [0.1, 0.15) is 24.5 Å². The Hall–Kier alpha value is -2.16. The Labute approximate surface area is 169 Å². The van der Waals surface area contributed by atoms with Crippen LogP contribution in [0.25, 0.3) is 5.31 Å². The second kappa shape index (κ2) is 9.36. The van der Waals surface area contributed by atoms with Crippen LogP contribution in [0.15, 0.2) is 59.3 Å². The number of benzene rings is 1. The van der Waals surface area contributed by atoms with Gasteiger partial charge in [0.1, 0.15) is 12.0 Å². The Bertz CT molecular complexity index is 867. The Morgan fingerprint density at radius 3 is 2.79 bits per heavy atom. The van der Waals surface area contributed by atoms with Crippen molar-refractivity contribution in [2.75, 3.05) is 27.2 Å². The Morgan fingerprint density at radius 2 is 2.18 bits per heavy atom. The maximum atomic E-state index is 11.3. The normalized spacial score (nSPS) is 20.7. The molecule has 2 heterocycles. The van der Waals surface area contributed by atoms with Gasteiger partial charge in [-0.25, -0.2) is 0 Å². The first-order valence-electron chi connectivity index (χ1n) is 9.62.